The summed E-state index contributed by atoms with van der Waals surface area (Å²) >= 11 is 0. The van der Waals surface area contributed by atoms with Gasteiger partial charge in [-0.3, -0.25) is 0 Å². The zero-order valence-electron chi connectivity index (χ0n) is 5.90. The highest BCUT2D eigenvalue weighted by Crippen LogP contribution is 2.32. The Balaban J connectivity index is 2.42. The van der Waals surface area contributed by atoms with Crippen molar-refractivity contribution in [2.45, 2.75) is 31.2 Å². The second-order valence-electron chi connectivity index (χ2n) is 2.60. The molecule has 1 aliphatic heterocycles. The maximum atomic E-state index is 11.9. The quantitative estimate of drug-likeness (QED) is 0.636. The van der Waals surface area contributed by atoms with Crippen LogP contribution in [0, 0.1) is 0 Å². The molecule has 1 saturated heterocycles. The van der Waals surface area contributed by atoms with Gasteiger partial charge in [0.15, 0.2) is 6.10 Å². The van der Waals surface area contributed by atoms with Crippen molar-refractivity contribution >= 4 is 0 Å². The molecule has 0 bridgehead atoms. The van der Waals surface area contributed by atoms with Crippen LogP contribution in [0.3, 0.4) is 0 Å². The van der Waals surface area contributed by atoms with Crippen LogP contribution in [0.2, 0.25) is 0 Å². The standard InChI is InChI=1S/C6H10F3NO/c7-6(8,9)5-2-1-4(3-10)11-5/h4-5H,1-3,10H2. The molecule has 0 spiro atoms. The predicted molar refractivity (Wildman–Crippen MR) is 33.0 cm³/mol. The average molecular weight is 169 g/mol. The monoisotopic (exact) mass is 169 g/mol. The van der Waals surface area contributed by atoms with Gasteiger partial charge in [0.2, 0.25) is 0 Å². The van der Waals surface area contributed by atoms with Crippen LogP contribution in [-0.2, 0) is 4.74 Å². The second kappa shape index (κ2) is 2.98. The van der Waals surface area contributed by atoms with Crippen LogP contribution in [0.1, 0.15) is 12.8 Å². The predicted octanol–water partition coefficient (Wildman–Crippen LogP) is 1.05. The summed E-state index contributed by atoms with van der Waals surface area (Å²) in [5.74, 6) is 0. The average Bonchev–Trinajstić information content (AvgIpc) is 2.32. The summed E-state index contributed by atoms with van der Waals surface area (Å²) in [4.78, 5) is 0. The van der Waals surface area contributed by atoms with Crippen LogP contribution in [0.15, 0.2) is 0 Å². The summed E-state index contributed by atoms with van der Waals surface area (Å²) in [6.07, 6.45) is -5.74. The fraction of sp³-hybridized carbons (Fsp3) is 1.00. The van der Waals surface area contributed by atoms with E-state index in [2.05, 4.69) is 4.74 Å². The summed E-state index contributed by atoms with van der Waals surface area (Å²) in [5.41, 5.74) is 5.15. The lowest BCUT2D eigenvalue weighted by Crippen LogP contribution is -2.30. The molecule has 11 heavy (non-hydrogen) atoms. The largest absolute Gasteiger partial charge is 0.414 e. The molecule has 2 unspecified atom stereocenters. The molecule has 1 rings (SSSR count). The molecule has 0 aliphatic carbocycles. The van der Waals surface area contributed by atoms with Gasteiger partial charge in [0.05, 0.1) is 6.10 Å². The number of halogens is 3. The highest BCUT2D eigenvalue weighted by atomic mass is 19.4. The Labute approximate surface area is 62.5 Å². The Morgan fingerprint density at radius 2 is 2.00 bits per heavy atom. The zero-order chi connectivity index (χ0) is 8.48. The van der Waals surface area contributed by atoms with Gasteiger partial charge < -0.3 is 10.5 Å². The lowest BCUT2D eigenvalue weighted by Gasteiger charge is -2.15. The van der Waals surface area contributed by atoms with Gasteiger partial charge in [0, 0.05) is 6.54 Å². The molecule has 2 nitrogen and oxygen atoms in total. The third-order valence-corrected chi connectivity index (χ3v) is 1.74. The Bertz CT molecular complexity index is 136. The van der Waals surface area contributed by atoms with Crippen LogP contribution in [0.5, 0.6) is 0 Å². The van der Waals surface area contributed by atoms with E-state index in [-0.39, 0.29) is 13.0 Å². The van der Waals surface area contributed by atoms with E-state index in [4.69, 9.17) is 5.73 Å². The molecule has 5 heteroatoms. The van der Waals surface area contributed by atoms with Crippen molar-refractivity contribution in [3.8, 4) is 0 Å². The molecule has 1 fully saturated rings. The number of hydrogen-bond donors (Lipinski definition) is 1. The van der Waals surface area contributed by atoms with Crippen molar-refractivity contribution in [2.24, 2.45) is 5.73 Å². The van der Waals surface area contributed by atoms with Gasteiger partial charge in [0.25, 0.3) is 0 Å². The Morgan fingerprint density at radius 3 is 2.27 bits per heavy atom. The Hall–Kier alpha value is -0.290. The minimum atomic E-state index is -4.22. The van der Waals surface area contributed by atoms with Crippen LogP contribution >= 0.6 is 0 Å². The highest BCUT2D eigenvalue weighted by Gasteiger charge is 2.44. The van der Waals surface area contributed by atoms with Gasteiger partial charge in [0.1, 0.15) is 0 Å². The molecule has 66 valence electrons. The first-order valence-corrected chi connectivity index (χ1v) is 3.46. The van der Waals surface area contributed by atoms with E-state index in [0.717, 1.165) is 0 Å². The number of ether oxygens (including phenoxy) is 1. The molecule has 1 heterocycles. The van der Waals surface area contributed by atoms with Crippen LogP contribution in [0.4, 0.5) is 13.2 Å². The van der Waals surface area contributed by atoms with Crippen LogP contribution in [0.25, 0.3) is 0 Å². The van der Waals surface area contributed by atoms with E-state index < -0.39 is 18.4 Å². The fourth-order valence-corrected chi connectivity index (χ4v) is 1.12. The van der Waals surface area contributed by atoms with E-state index >= 15 is 0 Å². The Kier molecular flexibility index (Phi) is 2.39. The molecule has 0 aromatic rings. The molecule has 0 aromatic carbocycles. The van der Waals surface area contributed by atoms with Crippen molar-refractivity contribution in [3.63, 3.8) is 0 Å². The minimum absolute atomic E-state index is 0.0470. The molecule has 0 saturated carbocycles. The van der Waals surface area contributed by atoms with Gasteiger partial charge in [-0.05, 0) is 12.8 Å². The van der Waals surface area contributed by atoms with Gasteiger partial charge >= 0.3 is 6.18 Å². The maximum Gasteiger partial charge on any atom is 0.414 e. The lowest BCUT2D eigenvalue weighted by molar-refractivity contribution is -0.213. The summed E-state index contributed by atoms with van der Waals surface area (Å²) in [6.45, 7) is 0.173. The topological polar surface area (TPSA) is 35.2 Å². The smallest absolute Gasteiger partial charge is 0.364 e. The van der Waals surface area contributed by atoms with Crippen molar-refractivity contribution in [1.82, 2.24) is 0 Å². The van der Waals surface area contributed by atoms with Gasteiger partial charge in [-0.15, -0.1) is 0 Å². The molecule has 2 N–H and O–H groups in total. The maximum absolute atomic E-state index is 11.9. The second-order valence-corrected chi connectivity index (χ2v) is 2.60. The van der Waals surface area contributed by atoms with Gasteiger partial charge in [-0.2, -0.15) is 13.2 Å². The Morgan fingerprint density at radius 1 is 1.36 bits per heavy atom. The van der Waals surface area contributed by atoms with E-state index in [0.29, 0.717) is 6.42 Å². The van der Waals surface area contributed by atoms with Gasteiger partial charge in [-0.1, -0.05) is 0 Å². The summed E-state index contributed by atoms with van der Waals surface area (Å²) in [7, 11) is 0. The number of alkyl halides is 3. The molecule has 0 aromatic heterocycles. The first-order valence-electron chi connectivity index (χ1n) is 3.46. The summed E-state index contributed by atoms with van der Waals surface area (Å²) in [5, 5.41) is 0. The molecule has 2 atom stereocenters. The third kappa shape index (κ3) is 2.07. The third-order valence-electron chi connectivity index (χ3n) is 1.74. The van der Waals surface area contributed by atoms with E-state index in [9.17, 15) is 13.2 Å². The summed E-state index contributed by atoms with van der Waals surface area (Å²) < 4.78 is 40.3. The number of nitrogens with two attached hydrogens (primary N) is 1. The zero-order valence-corrected chi connectivity index (χ0v) is 5.90. The molecular formula is C6H10F3NO. The minimum Gasteiger partial charge on any atom is -0.364 e. The first-order chi connectivity index (χ1) is 5.04. The van der Waals surface area contributed by atoms with E-state index in [1.807, 2.05) is 0 Å². The van der Waals surface area contributed by atoms with Crippen LogP contribution in [-0.4, -0.2) is 24.9 Å². The number of hydrogen-bond acceptors (Lipinski definition) is 2. The fourth-order valence-electron chi connectivity index (χ4n) is 1.12. The van der Waals surface area contributed by atoms with Crippen molar-refractivity contribution in [3.05, 3.63) is 0 Å². The molecule has 0 amide bonds. The molecule has 1 aliphatic rings. The number of rotatable bonds is 1. The first kappa shape index (κ1) is 8.80. The normalized spacial score (nSPS) is 32.7. The molecule has 0 radical (unpaired) electrons. The SMILES string of the molecule is NCC1CCC(C(F)(F)F)O1. The van der Waals surface area contributed by atoms with E-state index in [1.165, 1.54) is 0 Å². The van der Waals surface area contributed by atoms with Crippen molar-refractivity contribution in [1.29, 1.82) is 0 Å². The molecular weight excluding hydrogens is 159 g/mol. The van der Waals surface area contributed by atoms with Gasteiger partial charge in [-0.25, -0.2) is 0 Å². The van der Waals surface area contributed by atoms with Crippen molar-refractivity contribution in [2.75, 3.05) is 6.54 Å². The van der Waals surface area contributed by atoms with Crippen molar-refractivity contribution < 1.29 is 17.9 Å². The van der Waals surface area contributed by atoms with Crippen LogP contribution < -0.4 is 5.73 Å². The van der Waals surface area contributed by atoms with E-state index in [1.54, 1.807) is 0 Å². The lowest BCUT2D eigenvalue weighted by atomic mass is 10.2. The highest BCUT2D eigenvalue weighted by molar-refractivity contribution is 4.78. The summed E-state index contributed by atoms with van der Waals surface area (Å²) in [6, 6.07) is 0.